The topological polar surface area (TPSA) is 65.0 Å². The molecule has 6 nitrogen and oxygen atoms in total. The Morgan fingerprint density at radius 1 is 1.25 bits per heavy atom. The van der Waals surface area contributed by atoms with Gasteiger partial charge in [-0.05, 0) is 39.3 Å². The molecule has 2 unspecified atom stereocenters. The van der Waals surface area contributed by atoms with Gasteiger partial charge in [0.25, 0.3) is 5.91 Å². The maximum atomic E-state index is 12.9. The third-order valence-corrected chi connectivity index (χ3v) is 7.76. The first-order chi connectivity index (χ1) is 17.4. The summed E-state index contributed by atoms with van der Waals surface area (Å²) in [6, 6.07) is 0. The Kier molecular flexibility index (Phi) is 11.2. The van der Waals surface area contributed by atoms with Crippen molar-refractivity contribution in [1.29, 1.82) is 0 Å². The lowest BCUT2D eigenvalue weighted by Gasteiger charge is -2.33. The molecule has 2 saturated heterocycles. The van der Waals surface area contributed by atoms with Gasteiger partial charge in [-0.3, -0.25) is 14.6 Å². The average Bonchev–Trinajstić information content (AvgIpc) is 3.17. The number of thioether (sulfide) groups is 1. The number of nitrogens with one attached hydrogen (secondary N) is 1. The summed E-state index contributed by atoms with van der Waals surface area (Å²) in [5.74, 6) is 0.833. The van der Waals surface area contributed by atoms with Crippen LogP contribution in [0.5, 0.6) is 0 Å². The van der Waals surface area contributed by atoms with E-state index >= 15 is 0 Å². The van der Waals surface area contributed by atoms with E-state index in [9.17, 15) is 14.0 Å². The Bertz CT molecular complexity index is 974. The predicted octanol–water partition coefficient (Wildman–Crippen LogP) is 4.44. The van der Waals surface area contributed by atoms with E-state index in [0.29, 0.717) is 31.3 Å². The molecule has 0 aromatic carbocycles. The molecule has 2 amide bonds. The number of hydrogen-bond donors (Lipinski definition) is 1. The van der Waals surface area contributed by atoms with Crippen molar-refractivity contribution in [3.8, 4) is 0 Å². The van der Waals surface area contributed by atoms with Gasteiger partial charge in [0, 0.05) is 73.0 Å². The van der Waals surface area contributed by atoms with Crippen LogP contribution in [-0.4, -0.2) is 78.1 Å². The number of fused-ring (bicyclic) bond motifs is 1. The van der Waals surface area contributed by atoms with E-state index in [1.54, 1.807) is 0 Å². The first-order valence-corrected chi connectivity index (χ1v) is 14.0. The van der Waals surface area contributed by atoms with Gasteiger partial charge in [-0.2, -0.15) is 0 Å². The van der Waals surface area contributed by atoms with Gasteiger partial charge in [-0.1, -0.05) is 37.3 Å². The van der Waals surface area contributed by atoms with Crippen molar-refractivity contribution in [2.45, 2.75) is 44.8 Å². The molecular weight excluding hydrogens is 475 g/mol. The highest BCUT2D eigenvalue weighted by Gasteiger charge is 2.31. The van der Waals surface area contributed by atoms with Crippen molar-refractivity contribution < 1.29 is 14.0 Å². The number of hydrogen-bond acceptors (Lipinski definition) is 5. The Morgan fingerprint density at radius 3 is 2.72 bits per heavy atom. The maximum absolute atomic E-state index is 12.9. The van der Waals surface area contributed by atoms with Gasteiger partial charge in [-0.15, -0.1) is 11.8 Å². The number of carbonyl (C=O) groups is 2. The Morgan fingerprint density at radius 2 is 2.00 bits per heavy atom. The van der Waals surface area contributed by atoms with Crippen molar-refractivity contribution in [3.63, 3.8) is 0 Å². The van der Waals surface area contributed by atoms with E-state index in [0.717, 1.165) is 61.8 Å². The van der Waals surface area contributed by atoms with Crippen LogP contribution in [0.15, 0.2) is 64.6 Å². The summed E-state index contributed by atoms with van der Waals surface area (Å²) in [5.41, 5.74) is 3.23. The zero-order chi connectivity index (χ0) is 25.9. The summed E-state index contributed by atoms with van der Waals surface area (Å²) in [6.07, 6.45) is 15.3. The number of unbranched alkanes of at least 4 members (excludes halogenated alkanes) is 1. The highest BCUT2D eigenvalue weighted by molar-refractivity contribution is 8.00. The van der Waals surface area contributed by atoms with Crippen LogP contribution in [-0.2, 0) is 9.59 Å². The monoisotopic (exact) mass is 514 g/mol. The zero-order valence-corrected chi connectivity index (χ0v) is 22.5. The van der Waals surface area contributed by atoms with Gasteiger partial charge in [0.05, 0.1) is 11.9 Å². The molecule has 8 heteroatoms. The van der Waals surface area contributed by atoms with Gasteiger partial charge >= 0.3 is 0 Å². The molecule has 1 N–H and O–H groups in total. The fourth-order valence-electron chi connectivity index (χ4n) is 4.46. The van der Waals surface area contributed by atoms with Crippen molar-refractivity contribution in [2.24, 2.45) is 10.9 Å². The molecule has 0 saturated carbocycles. The number of likely N-dealkylation sites (N-methyl/N-ethyl adjacent to an activating group) is 1. The molecule has 3 rings (SSSR count). The number of carbonyl (C=O) groups excluding carboxylic acids is 2. The largest absolute Gasteiger partial charge is 0.340 e. The maximum Gasteiger partial charge on any atom is 0.256 e. The lowest BCUT2D eigenvalue weighted by atomic mass is 9.94. The number of nitrogens with zero attached hydrogens (tertiary/aromatic N) is 3. The minimum Gasteiger partial charge on any atom is -0.340 e. The predicted molar refractivity (Wildman–Crippen MR) is 148 cm³/mol. The number of halogens is 1. The van der Waals surface area contributed by atoms with Crippen LogP contribution in [0, 0.1) is 5.92 Å². The second-order valence-electron chi connectivity index (χ2n) is 9.42. The van der Waals surface area contributed by atoms with Crippen LogP contribution in [0.25, 0.3) is 0 Å². The molecule has 2 atom stereocenters. The molecular formula is C28H39FN4O2S. The number of rotatable bonds is 11. The highest BCUT2D eigenvalue weighted by atomic mass is 32.2. The molecule has 0 aromatic rings. The summed E-state index contributed by atoms with van der Waals surface area (Å²) in [4.78, 5) is 34.6. The molecule has 0 aromatic heterocycles. The number of amides is 2. The molecule has 36 heavy (non-hydrogen) atoms. The second-order valence-corrected chi connectivity index (χ2v) is 10.7. The van der Waals surface area contributed by atoms with Crippen LogP contribution in [0.1, 0.15) is 39.5 Å². The lowest BCUT2D eigenvalue weighted by molar-refractivity contribution is -0.133. The van der Waals surface area contributed by atoms with E-state index < -0.39 is 0 Å². The first-order valence-electron chi connectivity index (χ1n) is 12.9. The van der Waals surface area contributed by atoms with Crippen LogP contribution in [0.3, 0.4) is 0 Å². The van der Waals surface area contributed by atoms with E-state index in [1.165, 1.54) is 6.08 Å². The van der Waals surface area contributed by atoms with Crippen LogP contribution in [0.2, 0.25) is 0 Å². The smallest absolute Gasteiger partial charge is 0.256 e. The minimum absolute atomic E-state index is 0.0721. The molecule has 3 aliphatic rings. The van der Waals surface area contributed by atoms with Crippen molar-refractivity contribution in [1.82, 2.24) is 15.1 Å². The molecule has 2 heterocycles. The fourth-order valence-corrected chi connectivity index (χ4v) is 5.42. The standard InChI is InChI=1S/C28H39FN4O2S/c1-4-30-26(21(2)18-27(34)33-15-13-32(3)14-16-33)20-24-23-19-22(10-11-25(23)31-28(24)35)36-17-9-7-5-6-8-12-29/h7-9,11-12,19-22H,4-6,10,13-18H2,1-3H3,(H,31,35). The summed E-state index contributed by atoms with van der Waals surface area (Å²) in [7, 11) is 2.08. The highest BCUT2D eigenvalue weighted by Crippen LogP contribution is 2.34. The molecule has 0 spiro atoms. The summed E-state index contributed by atoms with van der Waals surface area (Å²) >= 11 is 1.82. The second kappa shape index (κ2) is 14.3. The number of piperazine rings is 1. The Balaban J connectivity index is 1.66. The average molecular weight is 515 g/mol. The van der Waals surface area contributed by atoms with Crippen LogP contribution < -0.4 is 5.32 Å². The summed E-state index contributed by atoms with van der Waals surface area (Å²) in [6.45, 7) is 7.91. The van der Waals surface area contributed by atoms with Crippen LogP contribution >= 0.6 is 11.8 Å². The zero-order valence-electron chi connectivity index (χ0n) is 21.7. The number of aliphatic imine (C=N–C) groups is 1. The van der Waals surface area contributed by atoms with Gasteiger partial charge in [0.1, 0.15) is 0 Å². The molecule has 196 valence electrons. The quantitative estimate of drug-likeness (QED) is 0.192. The van der Waals surface area contributed by atoms with Gasteiger partial charge in [-0.25, -0.2) is 4.39 Å². The van der Waals surface area contributed by atoms with Gasteiger partial charge in [0.2, 0.25) is 5.91 Å². The summed E-state index contributed by atoms with van der Waals surface area (Å²) in [5, 5.41) is 3.27. The van der Waals surface area contributed by atoms with E-state index in [1.807, 2.05) is 36.6 Å². The molecule has 0 radical (unpaired) electrons. The fraction of sp³-hybridized carbons (Fsp3) is 0.536. The SMILES string of the molecule is CCN=C(C=C1C(=O)NC2=CCC(SCC=CCCC=CF)C=C21)C(C)CC(=O)N1CCN(C)CC1. The van der Waals surface area contributed by atoms with Crippen molar-refractivity contribution in [3.05, 3.63) is 59.6 Å². The third-order valence-electron chi connectivity index (χ3n) is 6.62. The third kappa shape index (κ3) is 8.03. The normalized spacial score (nSPS) is 23.3. The Labute approximate surface area is 219 Å². The van der Waals surface area contributed by atoms with E-state index in [-0.39, 0.29) is 23.0 Å². The lowest BCUT2D eigenvalue weighted by Crippen LogP contribution is -2.47. The molecule has 2 aliphatic heterocycles. The van der Waals surface area contributed by atoms with E-state index in [2.05, 4.69) is 46.6 Å². The minimum atomic E-state index is -0.111. The van der Waals surface area contributed by atoms with Gasteiger partial charge in [0.15, 0.2) is 0 Å². The molecule has 0 bridgehead atoms. The Hall–Kier alpha value is -2.45. The molecule has 1 aliphatic carbocycles. The van der Waals surface area contributed by atoms with E-state index in [4.69, 9.17) is 0 Å². The van der Waals surface area contributed by atoms with Crippen molar-refractivity contribution >= 4 is 29.3 Å². The van der Waals surface area contributed by atoms with Crippen molar-refractivity contribution in [2.75, 3.05) is 45.5 Å². The summed E-state index contributed by atoms with van der Waals surface area (Å²) < 4.78 is 12.0. The van der Waals surface area contributed by atoms with Gasteiger partial charge < -0.3 is 15.1 Å². The first kappa shape index (κ1) is 28.1. The van der Waals surface area contributed by atoms with Crippen LogP contribution in [0.4, 0.5) is 4.39 Å². The number of allylic oxidation sites excluding steroid dienone is 5. The molecule has 2 fully saturated rings.